The van der Waals surface area contributed by atoms with Gasteiger partial charge in [0.15, 0.2) is 0 Å². The van der Waals surface area contributed by atoms with E-state index in [1.807, 2.05) is 11.4 Å². The highest BCUT2D eigenvalue weighted by atomic mass is 32.1. The molecule has 0 bridgehead atoms. The van der Waals surface area contributed by atoms with Crippen molar-refractivity contribution in [2.45, 2.75) is 12.8 Å². The van der Waals surface area contributed by atoms with Crippen LogP contribution in [0.1, 0.15) is 20.8 Å². The molecule has 0 aliphatic rings. The SMILES string of the molecule is COc1ccc(C(=O)O)c(CCc2cccs2)c1. The van der Waals surface area contributed by atoms with Crippen molar-refractivity contribution in [2.24, 2.45) is 0 Å². The van der Waals surface area contributed by atoms with Crippen molar-refractivity contribution in [3.63, 3.8) is 0 Å². The smallest absolute Gasteiger partial charge is 0.335 e. The summed E-state index contributed by atoms with van der Waals surface area (Å²) in [5.74, 6) is -0.194. The molecule has 0 aliphatic carbocycles. The van der Waals surface area contributed by atoms with Crippen LogP contribution < -0.4 is 4.74 Å². The minimum atomic E-state index is -0.890. The molecule has 0 radical (unpaired) electrons. The van der Waals surface area contributed by atoms with Crippen LogP contribution >= 0.6 is 11.3 Å². The van der Waals surface area contributed by atoms with E-state index in [2.05, 4.69) is 6.07 Å². The fourth-order valence-electron chi connectivity index (χ4n) is 1.83. The van der Waals surface area contributed by atoms with Gasteiger partial charge >= 0.3 is 5.97 Å². The number of hydrogen-bond donors (Lipinski definition) is 1. The Morgan fingerprint density at radius 1 is 1.33 bits per heavy atom. The maximum absolute atomic E-state index is 11.1. The van der Waals surface area contributed by atoms with Crippen molar-refractivity contribution >= 4 is 17.3 Å². The zero-order valence-electron chi connectivity index (χ0n) is 10.1. The first-order chi connectivity index (χ1) is 8.70. The molecule has 0 aliphatic heterocycles. The molecule has 4 heteroatoms. The minimum Gasteiger partial charge on any atom is -0.497 e. The first-order valence-electron chi connectivity index (χ1n) is 5.63. The summed E-state index contributed by atoms with van der Waals surface area (Å²) in [5, 5.41) is 11.2. The summed E-state index contributed by atoms with van der Waals surface area (Å²) < 4.78 is 5.14. The van der Waals surface area contributed by atoms with Gasteiger partial charge in [-0.2, -0.15) is 0 Å². The highest BCUT2D eigenvalue weighted by Crippen LogP contribution is 2.20. The zero-order chi connectivity index (χ0) is 13.0. The van der Waals surface area contributed by atoms with E-state index in [1.54, 1.807) is 36.6 Å². The van der Waals surface area contributed by atoms with E-state index < -0.39 is 5.97 Å². The highest BCUT2D eigenvalue weighted by molar-refractivity contribution is 7.09. The molecule has 0 unspecified atom stereocenters. The van der Waals surface area contributed by atoms with Crippen molar-refractivity contribution in [1.82, 2.24) is 0 Å². The minimum absolute atomic E-state index is 0.354. The lowest BCUT2D eigenvalue weighted by Gasteiger charge is -2.08. The molecular weight excluding hydrogens is 248 g/mol. The predicted octanol–water partition coefficient (Wildman–Crippen LogP) is 3.24. The fourth-order valence-corrected chi connectivity index (χ4v) is 2.53. The number of aromatic carboxylic acids is 1. The first-order valence-corrected chi connectivity index (χ1v) is 6.51. The summed E-state index contributed by atoms with van der Waals surface area (Å²) in [6.45, 7) is 0. The fraction of sp³-hybridized carbons (Fsp3) is 0.214. The maximum atomic E-state index is 11.1. The second-order valence-corrected chi connectivity index (χ2v) is 4.94. The molecule has 2 aromatic rings. The van der Waals surface area contributed by atoms with Crippen LogP contribution in [0.3, 0.4) is 0 Å². The van der Waals surface area contributed by atoms with E-state index in [-0.39, 0.29) is 0 Å². The van der Waals surface area contributed by atoms with Gasteiger partial charge in [0.2, 0.25) is 0 Å². The van der Waals surface area contributed by atoms with Gasteiger partial charge in [0.1, 0.15) is 5.75 Å². The normalized spacial score (nSPS) is 10.3. The van der Waals surface area contributed by atoms with Crippen LogP contribution in [0, 0.1) is 0 Å². The molecule has 1 N–H and O–H groups in total. The van der Waals surface area contributed by atoms with Crippen LogP contribution in [0.2, 0.25) is 0 Å². The van der Waals surface area contributed by atoms with Gasteiger partial charge in [-0.1, -0.05) is 6.07 Å². The molecule has 3 nitrogen and oxygen atoms in total. The number of rotatable bonds is 5. The summed E-state index contributed by atoms with van der Waals surface area (Å²) in [5.41, 5.74) is 1.17. The Kier molecular flexibility index (Phi) is 3.99. The van der Waals surface area contributed by atoms with Crippen LogP contribution in [0.4, 0.5) is 0 Å². The third-order valence-corrected chi connectivity index (χ3v) is 3.70. The number of benzene rings is 1. The van der Waals surface area contributed by atoms with Gasteiger partial charge in [-0.3, -0.25) is 0 Å². The summed E-state index contributed by atoms with van der Waals surface area (Å²) in [6.07, 6.45) is 1.56. The number of hydrogen-bond acceptors (Lipinski definition) is 3. The maximum Gasteiger partial charge on any atom is 0.335 e. The molecule has 1 heterocycles. The van der Waals surface area contributed by atoms with Crippen molar-refractivity contribution < 1.29 is 14.6 Å². The van der Waals surface area contributed by atoms with E-state index in [4.69, 9.17) is 9.84 Å². The lowest BCUT2D eigenvalue weighted by atomic mass is 10.0. The molecule has 0 saturated carbocycles. The second-order valence-electron chi connectivity index (χ2n) is 3.91. The van der Waals surface area contributed by atoms with E-state index >= 15 is 0 Å². The van der Waals surface area contributed by atoms with Gasteiger partial charge < -0.3 is 9.84 Å². The van der Waals surface area contributed by atoms with Gasteiger partial charge in [-0.15, -0.1) is 11.3 Å². The second kappa shape index (κ2) is 5.69. The molecule has 0 fully saturated rings. The lowest BCUT2D eigenvalue weighted by molar-refractivity contribution is 0.0695. The zero-order valence-corrected chi connectivity index (χ0v) is 10.9. The monoisotopic (exact) mass is 262 g/mol. The number of carbonyl (C=O) groups is 1. The number of carboxylic acid groups (broad SMARTS) is 1. The number of methoxy groups -OCH3 is 1. The topological polar surface area (TPSA) is 46.5 Å². The molecule has 18 heavy (non-hydrogen) atoms. The Bertz CT molecular complexity index is 532. The van der Waals surface area contributed by atoms with Gasteiger partial charge in [0, 0.05) is 4.88 Å². The predicted molar refractivity (Wildman–Crippen MR) is 71.7 cm³/mol. The van der Waals surface area contributed by atoms with Gasteiger partial charge in [0.25, 0.3) is 0 Å². The Hall–Kier alpha value is -1.81. The van der Waals surface area contributed by atoms with Crippen molar-refractivity contribution in [3.8, 4) is 5.75 Å². The Balaban J connectivity index is 2.20. The lowest BCUT2D eigenvalue weighted by Crippen LogP contribution is -2.04. The van der Waals surface area contributed by atoms with E-state index in [0.29, 0.717) is 17.7 Å². The van der Waals surface area contributed by atoms with Crippen LogP contribution in [0.5, 0.6) is 5.75 Å². The quantitative estimate of drug-likeness (QED) is 0.899. The van der Waals surface area contributed by atoms with Crippen LogP contribution in [0.25, 0.3) is 0 Å². The largest absolute Gasteiger partial charge is 0.497 e. The summed E-state index contributed by atoms with van der Waals surface area (Å²) >= 11 is 1.69. The van der Waals surface area contributed by atoms with Gasteiger partial charge in [0.05, 0.1) is 12.7 Å². The molecule has 1 aromatic carbocycles. The Labute approximate surface area is 110 Å². The Morgan fingerprint density at radius 2 is 2.17 bits per heavy atom. The number of thiophene rings is 1. The van der Waals surface area contributed by atoms with Crippen molar-refractivity contribution in [3.05, 3.63) is 51.7 Å². The van der Waals surface area contributed by atoms with E-state index in [1.165, 1.54) is 4.88 Å². The summed E-state index contributed by atoms with van der Waals surface area (Å²) in [6, 6.07) is 9.15. The third-order valence-electron chi connectivity index (χ3n) is 2.76. The van der Waals surface area contributed by atoms with Crippen LogP contribution in [-0.4, -0.2) is 18.2 Å². The molecule has 1 aromatic heterocycles. The molecular formula is C14H14O3S. The molecule has 0 saturated heterocycles. The molecule has 0 spiro atoms. The summed E-state index contributed by atoms with van der Waals surface area (Å²) in [4.78, 5) is 12.4. The standard InChI is InChI=1S/C14H14O3S/c1-17-11-5-7-13(14(15)16)10(9-11)4-6-12-3-2-8-18-12/h2-3,5,7-9H,4,6H2,1H3,(H,15,16). The average Bonchev–Trinajstić information content (AvgIpc) is 2.88. The van der Waals surface area contributed by atoms with Crippen LogP contribution in [-0.2, 0) is 12.8 Å². The van der Waals surface area contributed by atoms with Gasteiger partial charge in [-0.25, -0.2) is 4.79 Å². The Morgan fingerprint density at radius 3 is 2.78 bits per heavy atom. The molecule has 0 amide bonds. The van der Waals surface area contributed by atoms with Crippen molar-refractivity contribution in [2.75, 3.05) is 7.11 Å². The molecule has 94 valence electrons. The number of ether oxygens (including phenoxy) is 1. The van der Waals surface area contributed by atoms with Gasteiger partial charge in [-0.05, 0) is 48.1 Å². The summed E-state index contributed by atoms with van der Waals surface area (Å²) in [7, 11) is 1.58. The van der Waals surface area contributed by atoms with Crippen LogP contribution in [0.15, 0.2) is 35.7 Å². The first kappa shape index (κ1) is 12.6. The number of carboxylic acids is 1. The number of aryl methyl sites for hydroxylation is 2. The molecule has 2 rings (SSSR count). The third kappa shape index (κ3) is 2.90. The highest BCUT2D eigenvalue weighted by Gasteiger charge is 2.11. The molecule has 0 atom stereocenters. The average molecular weight is 262 g/mol. The van der Waals surface area contributed by atoms with E-state index in [0.717, 1.165) is 12.0 Å². The van der Waals surface area contributed by atoms with Crippen molar-refractivity contribution in [1.29, 1.82) is 0 Å². The van der Waals surface area contributed by atoms with E-state index in [9.17, 15) is 4.79 Å².